The van der Waals surface area contributed by atoms with Gasteiger partial charge in [0.25, 0.3) is 0 Å². The van der Waals surface area contributed by atoms with Gasteiger partial charge in [-0.05, 0) is 22.3 Å². The Hall–Kier alpha value is -4.16. The highest BCUT2D eigenvalue weighted by Crippen LogP contribution is 2.42. The van der Waals surface area contributed by atoms with Crippen LogP contribution in [0.1, 0.15) is 47.1 Å². The van der Waals surface area contributed by atoms with E-state index in [1.165, 1.54) is 7.11 Å². The lowest BCUT2D eigenvalue weighted by Gasteiger charge is -2.41. The summed E-state index contributed by atoms with van der Waals surface area (Å²) in [6.45, 7) is 2.38. The second-order valence-electron chi connectivity index (χ2n) is 11.3. The highest BCUT2D eigenvalue weighted by atomic mass is 32.2. The van der Waals surface area contributed by atoms with Gasteiger partial charge >= 0.3 is 12.0 Å². The van der Waals surface area contributed by atoms with Crippen molar-refractivity contribution in [1.29, 1.82) is 0 Å². The molecule has 242 valence electrons. The molecule has 1 saturated heterocycles. The van der Waals surface area contributed by atoms with Crippen LogP contribution in [-0.2, 0) is 45.6 Å². The van der Waals surface area contributed by atoms with Gasteiger partial charge in [0.15, 0.2) is 11.4 Å². The summed E-state index contributed by atoms with van der Waals surface area (Å²) in [6.07, 6.45) is 3.09. The van der Waals surface area contributed by atoms with E-state index >= 15 is 0 Å². The van der Waals surface area contributed by atoms with Gasteiger partial charge in [-0.25, -0.2) is 14.6 Å². The number of hydrogen-bond acceptors (Lipinski definition) is 8. The average molecular weight is 645 g/mol. The number of aromatic nitrogens is 2. The van der Waals surface area contributed by atoms with Gasteiger partial charge in [0.2, 0.25) is 0 Å². The van der Waals surface area contributed by atoms with Crippen LogP contribution >= 0.6 is 11.8 Å². The Morgan fingerprint density at radius 3 is 2.33 bits per heavy atom. The molecule has 3 aromatic carbocycles. The fraction of sp³-hybridized carbons (Fsp3) is 0.343. The smallest absolute Gasteiger partial charge is 0.328 e. The maximum atomic E-state index is 12.7. The predicted molar refractivity (Wildman–Crippen MR) is 175 cm³/mol. The molecule has 5 rings (SSSR count). The molecule has 1 aliphatic rings. The summed E-state index contributed by atoms with van der Waals surface area (Å²) in [7, 11) is 3.28. The SMILES string of the molecule is COC(=O)[C@H](Cc1ccccc1)NC(=O)NCc1ccc([C@H]2O[C@@H](CSc3nccn3C)[C@@H](C)[C@@H](c3ccc(CO)cc3)O2)cc1. The maximum Gasteiger partial charge on any atom is 0.328 e. The van der Waals surface area contributed by atoms with Gasteiger partial charge in [-0.1, -0.05) is 97.5 Å². The number of benzene rings is 3. The molecule has 0 radical (unpaired) electrons. The Morgan fingerprint density at radius 1 is 0.978 bits per heavy atom. The van der Waals surface area contributed by atoms with Crippen molar-refractivity contribution < 1.29 is 28.9 Å². The van der Waals surface area contributed by atoms with E-state index in [-0.39, 0.29) is 31.3 Å². The monoisotopic (exact) mass is 644 g/mol. The maximum absolute atomic E-state index is 12.7. The Bertz CT molecular complexity index is 1560. The number of carbonyl (C=O) groups is 2. The van der Waals surface area contributed by atoms with E-state index in [1.807, 2.05) is 96.7 Å². The van der Waals surface area contributed by atoms with Crippen LogP contribution in [0.25, 0.3) is 0 Å². The third-order valence-electron chi connectivity index (χ3n) is 8.06. The van der Waals surface area contributed by atoms with Crippen LogP contribution in [0.5, 0.6) is 0 Å². The number of rotatable bonds is 12. The van der Waals surface area contributed by atoms with Crippen molar-refractivity contribution >= 4 is 23.8 Å². The number of methoxy groups -OCH3 is 1. The molecule has 4 aromatic rings. The third-order valence-corrected chi connectivity index (χ3v) is 9.20. The molecule has 5 atom stereocenters. The number of carbonyl (C=O) groups excluding carboxylic acids is 2. The molecule has 0 unspecified atom stereocenters. The number of imidazole rings is 1. The lowest BCUT2D eigenvalue weighted by Crippen LogP contribution is -2.47. The van der Waals surface area contributed by atoms with Crippen LogP contribution in [0.3, 0.4) is 0 Å². The molecule has 2 amide bonds. The highest BCUT2D eigenvalue weighted by Gasteiger charge is 2.38. The lowest BCUT2D eigenvalue weighted by atomic mass is 9.91. The molecule has 0 spiro atoms. The zero-order valence-corrected chi connectivity index (χ0v) is 27.0. The van der Waals surface area contributed by atoms with E-state index in [4.69, 9.17) is 14.2 Å². The topological polar surface area (TPSA) is 124 Å². The number of hydrogen-bond donors (Lipinski definition) is 3. The average Bonchev–Trinajstić information content (AvgIpc) is 3.51. The number of esters is 1. The van der Waals surface area contributed by atoms with E-state index < -0.39 is 24.3 Å². The fourth-order valence-corrected chi connectivity index (χ4v) is 6.42. The first-order valence-corrected chi connectivity index (χ1v) is 16.2. The number of nitrogens with zero attached hydrogens (tertiary/aromatic N) is 2. The predicted octanol–water partition coefficient (Wildman–Crippen LogP) is 5.08. The van der Waals surface area contributed by atoms with E-state index in [9.17, 15) is 14.7 Å². The number of aliphatic hydroxyl groups excluding tert-OH is 1. The Morgan fingerprint density at radius 2 is 1.67 bits per heavy atom. The van der Waals surface area contributed by atoms with Gasteiger partial charge in [0.05, 0.1) is 25.9 Å². The second kappa shape index (κ2) is 15.9. The second-order valence-corrected chi connectivity index (χ2v) is 12.3. The van der Waals surface area contributed by atoms with Crippen molar-refractivity contribution in [3.63, 3.8) is 0 Å². The number of amides is 2. The van der Waals surface area contributed by atoms with E-state index in [0.29, 0.717) is 12.2 Å². The number of ether oxygens (including phenoxy) is 3. The Kier molecular flexibility index (Phi) is 11.5. The molecular formula is C35H40N4O6S. The van der Waals surface area contributed by atoms with Crippen LogP contribution in [0, 0.1) is 5.92 Å². The zero-order chi connectivity index (χ0) is 32.5. The molecule has 0 aliphatic carbocycles. The van der Waals surface area contributed by atoms with Crippen LogP contribution in [-0.4, -0.2) is 51.7 Å². The number of nitrogens with one attached hydrogen (secondary N) is 2. The summed E-state index contributed by atoms with van der Waals surface area (Å²) < 4.78 is 20.0. The van der Waals surface area contributed by atoms with Crippen LogP contribution in [0.15, 0.2) is 96.4 Å². The Labute approximate surface area is 273 Å². The van der Waals surface area contributed by atoms with Crippen molar-refractivity contribution in [1.82, 2.24) is 20.2 Å². The first-order chi connectivity index (χ1) is 22.3. The lowest BCUT2D eigenvalue weighted by molar-refractivity contribution is -0.268. The summed E-state index contributed by atoms with van der Waals surface area (Å²) in [5.74, 6) is 0.247. The first-order valence-electron chi connectivity index (χ1n) is 15.2. The molecule has 1 fully saturated rings. The fourth-order valence-electron chi connectivity index (χ4n) is 5.33. The van der Waals surface area contributed by atoms with Crippen LogP contribution in [0.4, 0.5) is 4.79 Å². The molecular weight excluding hydrogens is 604 g/mol. The van der Waals surface area contributed by atoms with E-state index in [2.05, 4.69) is 22.5 Å². The molecule has 11 heteroatoms. The van der Waals surface area contributed by atoms with Crippen LogP contribution < -0.4 is 10.6 Å². The van der Waals surface area contributed by atoms with Crippen molar-refractivity contribution in [2.45, 2.75) is 56.2 Å². The molecule has 2 heterocycles. The van der Waals surface area contributed by atoms with Gasteiger partial charge in [-0.3, -0.25) is 0 Å². The van der Waals surface area contributed by atoms with Crippen molar-refractivity contribution in [3.05, 3.63) is 119 Å². The summed E-state index contributed by atoms with van der Waals surface area (Å²) in [4.78, 5) is 29.5. The van der Waals surface area contributed by atoms with Gasteiger partial charge in [0, 0.05) is 49.6 Å². The van der Waals surface area contributed by atoms with Crippen LogP contribution in [0.2, 0.25) is 0 Å². The number of aryl methyl sites for hydroxylation is 1. The molecule has 10 nitrogen and oxygen atoms in total. The number of urea groups is 1. The minimum absolute atomic E-state index is 0.0154. The van der Waals surface area contributed by atoms with Gasteiger partial charge in [-0.2, -0.15) is 0 Å². The molecule has 46 heavy (non-hydrogen) atoms. The number of thioether (sulfide) groups is 1. The standard InChI is InChI=1S/C35H40N4O6S/c1-23-30(22-46-35-36-17-18-39(35)2)44-33(45-31(23)27-13-11-26(21-40)12-14-27)28-15-9-25(10-16-28)20-37-34(42)38-29(32(41)43-3)19-24-7-5-4-6-8-24/h4-18,23,29-31,33,40H,19-22H2,1-3H3,(H2,37,38,42)/t23-,29+,30+,31+,33+/m1/s1. The molecule has 3 N–H and O–H groups in total. The minimum Gasteiger partial charge on any atom is -0.467 e. The third kappa shape index (κ3) is 8.55. The van der Waals surface area contributed by atoms with Crippen molar-refractivity contribution in [2.75, 3.05) is 12.9 Å². The van der Waals surface area contributed by atoms with Crippen molar-refractivity contribution in [2.24, 2.45) is 13.0 Å². The van der Waals surface area contributed by atoms with Gasteiger partial charge in [-0.15, -0.1) is 0 Å². The molecule has 0 saturated carbocycles. The minimum atomic E-state index is -0.811. The summed E-state index contributed by atoms with van der Waals surface area (Å²) in [5.41, 5.74) is 4.51. The van der Waals surface area contributed by atoms with Gasteiger partial charge < -0.3 is 34.5 Å². The first kappa shape index (κ1) is 33.2. The molecule has 0 bridgehead atoms. The molecule has 1 aromatic heterocycles. The Balaban J connectivity index is 1.23. The summed E-state index contributed by atoms with van der Waals surface area (Å²) in [5, 5.41) is 16.0. The largest absolute Gasteiger partial charge is 0.467 e. The van der Waals surface area contributed by atoms with Gasteiger partial charge in [0.1, 0.15) is 6.04 Å². The highest BCUT2D eigenvalue weighted by molar-refractivity contribution is 7.99. The number of aliphatic hydroxyl groups is 1. The van der Waals surface area contributed by atoms with E-state index in [1.54, 1.807) is 18.0 Å². The summed E-state index contributed by atoms with van der Waals surface area (Å²) in [6, 6.07) is 23.7. The zero-order valence-electron chi connectivity index (χ0n) is 26.2. The van der Waals surface area contributed by atoms with E-state index in [0.717, 1.165) is 33.0 Å². The normalized spacial score (nSPS) is 20.1. The van der Waals surface area contributed by atoms with Crippen molar-refractivity contribution in [3.8, 4) is 0 Å². The molecule has 1 aliphatic heterocycles. The quantitative estimate of drug-likeness (QED) is 0.144. The summed E-state index contributed by atoms with van der Waals surface area (Å²) >= 11 is 1.65.